The second-order valence-electron chi connectivity index (χ2n) is 10.4. The Labute approximate surface area is 178 Å². The van der Waals surface area contributed by atoms with Crippen LogP contribution >= 0.6 is 0 Å². The zero-order chi connectivity index (χ0) is 21.1. The number of carbonyl (C=O) groups excluding carboxylic acids is 1. The van der Waals surface area contributed by atoms with Crippen molar-refractivity contribution in [3.63, 3.8) is 0 Å². The number of hydrogen-bond donors (Lipinski definition) is 0. The van der Waals surface area contributed by atoms with Gasteiger partial charge < -0.3 is 9.53 Å². The third-order valence-corrected chi connectivity index (χ3v) is 11.7. The summed E-state index contributed by atoms with van der Waals surface area (Å²) in [5.74, 6) is 0. The quantitative estimate of drug-likeness (QED) is 0.382. The van der Waals surface area contributed by atoms with Gasteiger partial charge in [0.15, 0.2) is 0 Å². The summed E-state index contributed by atoms with van der Waals surface area (Å²) in [6.07, 6.45) is 2.77. The van der Waals surface area contributed by atoms with Crippen molar-refractivity contribution in [3.05, 3.63) is 65.7 Å². The first-order valence-corrected chi connectivity index (χ1v) is 17.6. The number of benzene rings is 2. The smallest absolute Gasteiger partial charge is 0.123 e. The van der Waals surface area contributed by atoms with Gasteiger partial charge >= 0.3 is 0 Å². The first-order chi connectivity index (χ1) is 13.6. The van der Waals surface area contributed by atoms with Crippen LogP contribution in [-0.4, -0.2) is 28.2 Å². The van der Waals surface area contributed by atoms with Gasteiger partial charge in [0.1, 0.15) is 13.5 Å². The summed E-state index contributed by atoms with van der Waals surface area (Å²) in [4.78, 5) is 13.2. The van der Waals surface area contributed by atoms with Gasteiger partial charge in [0.2, 0.25) is 0 Å². The minimum atomic E-state index is -1.80. The maximum atomic E-state index is 13.2. The maximum Gasteiger partial charge on any atom is 0.123 e. The topological polar surface area (TPSA) is 26.3 Å². The Bertz CT molecular complexity index is 839. The predicted molar refractivity (Wildman–Crippen MR) is 128 cm³/mol. The summed E-state index contributed by atoms with van der Waals surface area (Å²) in [6, 6.07) is 20.5. The van der Waals surface area contributed by atoms with Crippen LogP contribution in [0.2, 0.25) is 38.8 Å². The highest BCUT2D eigenvalue weighted by atomic mass is 28.3. The van der Waals surface area contributed by atoms with Gasteiger partial charge in [-0.25, -0.2) is 0 Å². The molecule has 0 saturated heterocycles. The molecule has 2 aromatic rings. The SMILES string of the molecule is C[Si](C)(C)C(=O)CC1(CCCOCc2ccccc2)C[Si](C)(C)c2ccccc21. The van der Waals surface area contributed by atoms with E-state index < -0.39 is 16.1 Å². The molecule has 156 valence electrons. The molecule has 0 aromatic heterocycles. The lowest BCUT2D eigenvalue weighted by Gasteiger charge is -2.34. The molecule has 0 N–H and O–H groups in total. The standard InChI is InChI=1S/C25H36O2Si2/c1-28(2,3)24(26)18-25(16-11-17-27-19-21-12-7-6-8-13-21)20-29(4,5)23-15-10-9-14-22(23)25/h6-10,12-15H,11,16-20H2,1-5H3. The van der Waals surface area contributed by atoms with E-state index in [4.69, 9.17) is 4.74 Å². The Kier molecular flexibility index (Phi) is 6.66. The average Bonchev–Trinajstić information content (AvgIpc) is 2.89. The lowest BCUT2D eigenvalue weighted by Crippen LogP contribution is -2.41. The van der Waals surface area contributed by atoms with E-state index in [0.29, 0.717) is 12.0 Å². The third kappa shape index (κ3) is 5.17. The lowest BCUT2D eigenvalue weighted by molar-refractivity contribution is -0.113. The van der Waals surface area contributed by atoms with E-state index in [2.05, 4.69) is 81.3 Å². The van der Waals surface area contributed by atoms with Crippen LogP contribution in [0, 0.1) is 0 Å². The van der Waals surface area contributed by atoms with Crippen molar-refractivity contribution >= 4 is 26.7 Å². The van der Waals surface area contributed by atoms with Crippen molar-refractivity contribution in [2.75, 3.05) is 6.61 Å². The van der Waals surface area contributed by atoms with E-state index in [1.165, 1.54) is 17.2 Å². The molecule has 1 atom stereocenters. The minimum Gasteiger partial charge on any atom is -0.377 e. The molecule has 0 amide bonds. The van der Waals surface area contributed by atoms with Crippen LogP contribution in [0.3, 0.4) is 0 Å². The van der Waals surface area contributed by atoms with Gasteiger partial charge in [-0.05, 0) is 35.4 Å². The van der Waals surface area contributed by atoms with Crippen LogP contribution in [-0.2, 0) is 21.6 Å². The fourth-order valence-corrected chi connectivity index (χ4v) is 9.76. The Hall–Kier alpha value is -1.50. The van der Waals surface area contributed by atoms with E-state index in [1.807, 2.05) is 6.07 Å². The van der Waals surface area contributed by atoms with Crippen LogP contribution in [0.25, 0.3) is 0 Å². The van der Waals surface area contributed by atoms with Crippen LogP contribution in [0.15, 0.2) is 54.6 Å². The van der Waals surface area contributed by atoms with Gasteiger partial charge in [-0.1, -0.05) is 92.5 Å². The van der Waals surface area contributed by atoms with Crippen molar-refractivity contribution in [1.29, 1.82) is 0 Å². The number of fused-ring (bicyclic) bond motifs is 1. The van der Waals surface area contributed by atoms with E-state index in [0.717, 1.165) is 25.9 Å². The Morgan fingerprint density at radius 2 is 1.69 bits per heavy atom. The molecule has 0 saturated carbocycles. The summed E-state index contributed by atoms with van der Waals surface area (Å²) >= 11 is 0. The third-order valence-electron chi connectivity index (χ3n) is 6.40. The van der Waals surface area contributed by atoms with Gasteiger partial charge in [-0.15, -0.1) is 0 Å². The molecule has 2 nitrogen and oxygen atoms in total. The lowest BCUT2D eigenvalue weighted by atomic mass is 9.76. The Morgan fingerprint density at radius 3 is 2.38 bits per heavy atom. The normalized spacial score (nSPS) is 20.4. The number of rotatable bonds is 9. The molecule has 1 heterocycles. The van der Waals surface area contributed by atoms with E-state index in [9.17, 15) is 4.79 Å². The minimum absolute atomic E-state index is 0.0137. The summed E-state index contributed by atoms with van der Waals surface area (Å²) in [5.41, 5.74) is 2.70. The number of ether oxygens (including phenoxy) is 1. The van der Waals surface area contributed by atoms with Crippen LogP contribution in [0.5, 0.6) is 0 Å². The molecule has 29 heavy (non-hydrogen) atoms. The Morgan fingerprint density at radius 1 is 1.03 bits per heavy atom. The highest BCUT2D eigenvalue weighted by Gasteiger charge is 2.49. The van der Waals surface area contributed by atoms with Gasteiger partial charge in [-0.3, -0.25) is 0 Å². The van der Waals surface area contributed by atoms with E-state index in [-0.39, 0.29) is 5.41 Å². The molecule has 0 bridgehead atoms. The fourth-order valence-electron chi connectivity index (χ4n) is 4.89. The number of hydrogen-bond acceptors (Lipinski definition) is 2. The fraction of sp³-hybridized carbons (Fsp3) is 0.480. The van der Waals surface area contributed by atoms with Crippen LogP contribution < -0.4 is 5.19 Å². The summed E-state index contributed by atoms with van der Waals surface area (Å²) in [6.45, 7) is 12.9. The Balaban J connectivity index is 1.74. The molecule has 0 radical (unpaired) electrons. The van der Waals surface area contributed by atoms with Crippen molar-refractivity contribution < 1.29 is 9.53 Å². The second kappa shape index (κ2) is 8.70. The van der Waals surface area contributed by atoms with Gasteiger partial charge in [0.05, 0.1) is 14.7 Å². The molecule has 2 aromatic carbocycles. The van der Waals surface area contributed by atoms with Crippen molar-refractivity contribution in [2.24, 2.45) is 0 Å². The summed E-state index contributed by atoms with van der Waals surface area (Å²) in [7, 11) is -3.32. The largest absolute Gasteiger partial charge is 0.377 e. The van der Waals surface area contributed by atoms with Gasteiger partial charge in [-0.2, -0.15) is 0 Å². The molecular weight excluding hydrogens is 388 g/mol. The zero-order valence-electron chi connectivity index (χ0n) is 18.8. The second-order valence-corrected chi connectivity index (χ2v) is 20.1. The molecule has 1 aliphatic rings. The van der Waals surface area contributed by atoms with Crippen LogP contribution in [0.1, 0.15) is 30.4 Å². The summed E-state index contributed by atoms with van der Waals surface area (Å²) < 4.78 is 5.97. The van der Waals surface area contributed by atoms with Crippen molar-refractivity contribution in [2.45, 2.75) is 70.1 Å². The maximum absolute atomic E-state index is 13.2. The first kappa shape index (κ1) is 22.2. The zero-order valence-corrected chi connectivity index (χ0v) is 20.8. The molecule has 0 fully saturated rings. The first-order valence-electron chi connectivity index (χ1n) is 10.9. The van der Waals surface area contributed by atoms with Gasteiger partial charge in [0, 0.05) is 13.0 Å². The average molecular weight is 425 g/mol. The molecule has 1 aliphatic heterocycles. The highest BCUT2D eigenvalue weighted by Crippen LogP contribution is 2.46. The molecule has 3 rings (SSSR count). The predicted octanol–water partition coefficient (Wildman–Crippen LogP) is 5.69. The van der Waals surface area contributed by atoms with Gasteiger partial charge in [0.25, 0.3) is 0 Å². The molecule has 0 aliphatic carbocycles. The molecular formula is C25H36O2Si2. The number of carbonyl (C=O) groups is 1. The monoisotopic (exact) mass is 424 g/mol. The van der Waals surface area contributed by atoms with Crippen LogP contribution in [0.4, 0.5) is 0 Å². The molecule has 4 heteroatoms. The van der Waals surface area contributed by atoms with Crippen molar-refractivity contribution in [1.82, 2.24) is 0 Å². The van der Waals surface area contributed by atoms with Crippen molar-refractivity contribution in [3.8, 4) is 0 Å². The van der Waals surface area contributed by atoms with E-state index in [1.54, 1.807) is 5.19 Å². The molecule has 1 unspecified atom stereocenters. The highest BCUT2D eigenvalue weighted by molar-refractivity contribution is 7.03. The summed E-state index contributed by atoms with van der Waals surface area (Å²) in [5, 5.41) is 2.08. The van der Waals surface area contributed by atoms with E-state index >= 15 is 0 Å². The molecule has 0 spiro atoms.